The van der Waals surface area contributed by atoms with E-state index in [9.17, 15) is 9.59 Å². The zero-order valence-electron chi connectivity index (χ0n) is 15.6. The SMILES string of the molecule is Cc1noc(C)c1CC(=O)N1CCC[C@](C)(C(=O)NC2CCCC2)C1. The molecule has 1 saturated carbocycles. The largest absolute Gasteiger partial charge is 0.361 e. The summed E-state index contributed by atoms with van der Waals surface area (Å²) in [5.41, 5.74) is 1.15. The van der Waals surface area contributed by atoms with Crippen LogP contribution in [0.25, 0.3) is 0 Å². The van der Waals surface area contributed by atoms with E-state index in [-0.39, 0.29) is 11.8 Å². The highest BCUT2D eigenvalue weighted by Gasteiger charge is 2.40. The molecular weight excluding hydrogens is 318 g/mol. The van der Waals surface area contributed by atoms with Gasteiger partial charge in [-0.2, -0.15) is 0 Å². The molecule has 0 aromatic carbocycles. The van der Waals surface area contributed by atoms with E-state index in [1.165, 1.54) is 12.8 Å². The third kappa shape index (κ3) is 3.88. The van der Waals surface area contributed by atoms with Crippen LogP contribution in [0.1, 0.15) is 62.5 Å². The molecule has 1 aromatic rings. The molecule has 2 amide bonds. The van der Waals surface area contributed by atoms with Crippen LogP contribution in [0.4, 0.5) is 0 Å². The van der Waals surface area contributed by atoms with Crippen LogP contribution in [0.15, 0.2) is 4.52 Å². The maximum absolute atomic E-state index is 12.8. The highest BCUT2D eigenvalue weighted by molar-refractivity contribution is 5.85. The van der Waals surface area contributed by atoms with Crippen molar-refractivity contribution in [1.29, 1.82) is 0 Å². The van der Waals surface area contributed by atoms with Gasteiger partial charge in [0.25, 0.3) is 0 Å². The first-order valence-electron chi connectivity index (χ1n) is 9.39. The molecule has 0 unspecified atom stereocenters. The summed E-state index contributed by atoms with van der Waals surface area (Å²) in [6.07, 6.45) is 6.55. The van der Waals surface area contributed by atoms with E-state index >= 15 is 0 Å². The Kier molecular flexibility index (Phi) is 5.16. The monoisotopic (exact) mass is 347 g/mol. The lowest BCUT2D eigenvalue weighted by Gasteiger charge is -2.40. The van der Waals surface area contributed by atoms with Gasteiger partial charge < -0.3 is 14.7 Å². The summed E-state index contributed by atoms with van der Waals surface area (Å²) < 4.78 is 5.15. The Hall–Kier alpha value is -1.85. The number of carbonyl (C=O) groups is 2. The molecule has 2 fully saturated rings. The molecule has 1 atom stereocenters. The van der Waals surface area contributed by atoms with E-state index in [2.05, 4.69) is 10.5 Å². The van der Waals surface area contributed by atoms with E-state index in [0.29, 0.717) is 31.3 Å². The molecule has 6 nitrogen and oxygen atoms in total. The highest BCUT2D eigenvalue weighted by atomic mass is 16.5. The number of hydrogen-bond donors (Lipinski definition) is 1. The Morgan fingerprint density at radius 3 is 2.64 bits per heavy atom. The predicted molar refractivity (Wildman–Crippen MR) is 94.0 cm³/mol. The third-order valence-electron chi connectivity index (χ3n) is 5.80. The van der Waals surface area contributed by atoms with Gasteiger partial charge in [-0.25, -0.2) is 0 Å². The van der Waals surface area contributed by atoms with Crippen LogP contribution in [0.2, 0.25) is 0 Å². The van der Waals surface area contributed by atoms with Gasteiger partial charge in [-0.3, -0.25) is 9.59 Å². The molecular formula is C19H29N3O3. The van der Waals surface area contributed by atoms with E-state index in [1.807, 2.05) is 25.7 Å². The van der Waals surface area contributed by atoms with Gasteiger partial charge in [0.15, 0.2) is 0 Å². The third-order valence-corrected chi connectivity index (χ3v) is 5.80. The summed E-state index contributed by atoms with van der Waals surface area (Å²) in [5, 5.41) is 7.13. The Morgan fingerprint density at radius 2 is 2.00 bits per heavy atom. The van der Waals surface area contributed by atoms with Crippen molar-refractivity contribution < 1.29 is 14.1 Å². The number of amides is 2. The maximum atomic E-state index is 12.8. The van der Waals surface area contributed by atoms with E-state index in [1.54, 1.807) is 0 Å². The van der Waals surface area contributed by atoms with Crippen molar-refractivity contribution in [2.24, 2.45) is 5.41 Å². The number of likely N-dealkylation sites (tertiary alicyclic amines) is 1. The van der Waals surface area contributed by atoms with Gasteiger partial charge in [-0.1, -0.05) is 18.0 Å². The summed E-state index contributed by atoms with van der Waals surface area (Å²) in [6.45, 7) is 6.89. The Balaban J connectivity index is 1.63. The molecule has 0 radical (unpaired) electrons. The van der Waals surface area contributed by atoms with Crippen LogP contribution >= 0.6 is 0 Å². The van der Waals surface area contributed by atoms with Crippen molar-refractivity contribution in [3.8, 4) is 0 Å². The number of aryl methyl sites for hydroxylation is 2. The zero-order chi connectivity index (χ0) is 18.0. The number of aromatic nitrogens is 1. The molecule has 2 heterocycles. The first kappa shape index (κ1) is 18.0. The Morgan fingerprint density at radius 1 is 1.28 bits per heavy atom. The first-order valence-corrected chi connectivity index (χ1v) is 9.39. The van der Waals surface area contributed by atoms with Crippen LogP contribution in [-0.4, -0.2) is 41.0 Å². The average Bonchev–Trinajstić information content (AvgIpc) is 3.20. The molecule has 1 aliphatic heterocycles. The lowest BCUT2D eigenvalue weighted by molar-refractivity contribution is -0.140. The van der Waals surface area contributed by atoms with Gasteiger partial charge in [0.2, 0.25) is 11.8 Å². The van der Waals surface area contributed by atoms with Crippen molar-refractivity contribution in [3.63, 3.8) is 0 Å². The number of nitrogens with one attached hydrogen (secondary N) is 1. The molecule has 3 rings (SSSR count). The van der Waals surface area contributed by atoms with Crippen LogP contribution in [0.3, 0.4) is 0 Å². The lowest BCUT2D eigenvalue weighted by Crippen LogP contribution is -2.53. The summed E-state index contributed by atoms with van der Waals surface area (Å²) in [4.78, 5) is 27.4. The fraction of sp³-hybridized carbons (Fsp3) is 0.737. The van der Waals surface area contributed by atoms with Gasteiger partial charge in [0.05, 0.1) is 17.5 Å². The molecule has 0 bridgehead atoms. The number of piperidine rings is 1. The lowest BCUT2D eigenvalue weighted by atomic mass is 9.80. The second-order valence-corrected chi connectivity index (χ2v) is 7.91. The number of rotatable bonds is 4. The first-order chi connectivity index (χ1) is 11.9. The molecule has 25 heavy (non-hydrogen) atoms. The normalized spacial score (nSPS) is 24.5. The Labute approximate surface area is 149 Å². The quantitative estimate of drug-likeness (QED) is 0.908. The van der Waals surface area contributed by atoms with Crippen LogP contribution in [-0.2, 0) is 16.0 Å². The van der Waals surface area contributed by atoms with Gasteiger partial charge in [0.1, 0.15) is 5.76 Å². The molecule has 138 valence electrons. The fourth-order valence-corrected chi connectivity index (χ4v) is 4.08. The van der Waals surface area contributed by atoms with E-state index in [4.69, 9.17) is 4.52 Å². The van der Waals surface area contributed by atoms with Crippen molar-refractivity contribution in [1.82, 2.24) is 15.4 Å². The number of hydrogen-bond acceptors (Lipinski definition) is 4. The number of nitrogens with zero attached hydrogens (tertiary/aromatic N) is 2. The van der Waals surface area contributed by atoms with E-state index in [0.717, 1.165) is 36.9 Å². The molecule has 1 N–H and O–H groups in total. The topological polar surface area (TPSA) is 75.4 Å². The van der Waals surface area contributed by atoms with Gasteiger partial charge in [-0.05, 0) is 46.5 Å². The standard InChI is InChI=1S/C19H29N3O3/c1-13-16(14(2)25-21-13)11-17(23)22-10-6-9-19(3,12-22)18(24)20-15-7-4-5-8-15/h15H,4-12H2,1-3H3,(H,20,24)/t19-/m0/s1. The van der Waals surface area contributed by atoms with Crippen molar-refractivity contribution >= 4 is 11.8 Å². The zero-order valence-corrected chi connectivity index (χ0v) is 15.6. The second kappa shape index (κ2) is 7.18. The Bertz CT molecular complexity index is 629. The van der Waals surface area contributed by atoms with Crippen molar-refractivity contribution in [2.75, 3.05) is 13.1 Å². The van der Waals surface area contributed by atoms with Gasteiger partial charge >= 0.3 is 0 Å². The smallest absolute Gasteiger partial charge is 0.227 e. The van der Waals surface area contributed by atoms with Crippen molar-refractivity contribution in [3.05, 3.63) is 17.0 Å². The molecule has 2 aliphatic rings. The summed E-state index contributed by atoms with van der Waals surface area (Å²) >= 11 is 0. The number of carbonyl (C=O) groups excluding carboxylic acids is 2. The molecule has 0 spiro atoms. The highest BCUT2D eigenvalue weighted by Crippen LogP contribution is 2.31. The predicted octanol–water partition coefficient (Wildman–Crippen LogP) is 2.52. The molecule has 6 heteroatoms. The minimum atomic E-state index is -0.491. The average molecular weight is 347 g/mol. The molecule has 1 saturated heterocycles. The summed E-state index contributed by atoms with van der Waals surface area (Å²) in [5.74, 6) is 0.854. The molecule has 1 aromatic heterocycles. The van der Waals surface area contributed by atoms with Crippen LogP contribution in [0, 0.1) is 19.3 Å². The fourth-order valence-electron chi connectivity index (χ4n) is 4.08. The van der Waals surface area contributed by atoms with Crippen molar-refractivity contribution in [2.45, 2.75) is 71.8 Å². The van der Waals surface area contributed by atoms with Crippen LogP contribution < -0.4 is 5.32 Å². The van der Waals surface area contributed by atoms with Gasteiger partial charge in [0, 0.05) is 24.7 Å². The minimum Gasteiger partial charge on any atom is -0.361 e. The minimum absolute atomic E-state index is 0.0500. The summed E-state index contributed by atoms with van der Waals surface area (Å²) in [7, 11) is 0. The maximum Gasteiger partial charge on any atom is 0.227 e. The second-order valence-electron chi connectivity index (χ2n) is 7.91. The summed E-state index contributed by atoms with van der Waals surface area (Å²) in [6, 6.07) is 0.317. The van der Waals surface area contributed by atoms with E-state index < -0.39 is 5.41 Å². The molecule has 1 aliphatic carbocycles. The van der Waals surface area contributed by atoms with Crippen LogP contribution in [0.5, 0.6) is 0 Å². The van der Waals surface area contributed by atoms with Gasteiger partial charge in [-0.15, -0.1) is 0 Å².